The summed E-state index contributed by atoms with van der Waals surface area (Å²) < 4.78 is 21.3. The molecule has 0 aliphatic carbocycles. The molecule has 2 aromatic carbocycles. The summed E-state index contributed by atoms with van der Waals surface area (Å²) in [4.78, 5) is 12.7. The van der Waals surface area contributed by atoms with E-state index in [4.69, 9.17) is 30.5 Å². The van der Waals surface area contributed by atoms with Crippen LogP contribution >= 0.6 is 11.6 Å². The summed E-state index contributed by atoms with van der Waals surface area (Å²) in [5.41, 5.74) is 0.837. The Kier molecular flexibility index (Phi) is 5.53. The molecular formula is C20H16ClNO5. The van der Waals surface area contributed by atoms with Crippen LogP contribution in [-0.2, 0) is 0 Å². The van der Waals surface area contributed by atoms with Crippen molar-refractivity contribution in [2.24, 2.45) is 0 Å². The number of nitrogens with zero attached hydrogens (tertiary/aromatic N) is 1. The van der Waals surface area contributed by atoms with E-state index in [1.165, 1.54) is 13.2 Å². The Balaban J connectivity index is 1.96. The molecule has 138 valence electrons. The van der Waals surface area contributed by atoms with E-state index < -0.39 is 5.78 Å². The number of methoxy groups -OCH3 is 1. The number of rotatable bonds is 6. The summed E-state index contributed by atoms with van der Waals surface area (Å²) in [5, 5.41) is 9.79. The molecule has 0 unspecified atom stereocenters. The minimum atomic E-state index is -0.430. The van der Waals surface area contributed by atoms with Gasteiger partial charge in [0.25, 0.3) is 0 Å². The molecule has 0 N–H and O–H groups in total. The SMILES string of the molecule is CCOc1cc(/C=C(\C#N)C(=O)c2ccc3c(c2)OCO3)cc(Cl)c1OC. The van der Waals surface area contributed by atoms with Crippen molar-refractivity contribution in [2.75, 3.05) is 20.5 Å². The highest BCUT2D eigenvalue weighted by Crippen LogP contribution is 2.37. The fraction of sp³-hybridized carbons (Fsp3) is 0.200. The summed E-state index contributed by atoms with van der Waals surface area (Å²) in [7, 11) is 1.49. The molecule has 0 spiro atoms. The molecule has 27 heavy (non-hydrogen) atoms. The third kappa shape index (κ3) is 3.83. The second-order valence-electron chi connectivity index (χ2n) is 5.53. The average Bonchev–Trinajstić information content (AvgIpc) is 3.13. The highest BCUT2D eigenvalue weighted by Gasteiger charge is 2.19. The van der Waals surface area contributed by atoms with Crippen LogP contribution in [0, 0.1) is 11.3 Å². The molecule has 7 heteroatoms. The first kappa shape index (κ1) is 18.6. The molecule has 6 nitrogen and oxygen atoms in total. The number of benzene rings is 2. The highest BCUT2D eigenvalue weighted by molar-refractivity contribution is 6.32. The third-order valence-electron chi connectivity index (χ3n) is 3.85. The van der Waals surface area contributed by atoms with Gasteiger partial charge in [-0.15, -0.1) is 0 Å². The molecule has 2 aromatic rings. The fourth-order valence-corrected chi connectivity index (χ4v) is 2.94. The van der Waals surface area contributed by atoms with Crippen LogP contribution in [0.5, 0.6) is 23.0 Å². The van der Waals surface area contributed by atoms with Crippen molar-refractivity contribution in [3.8, 4) is 29.1 Å². The number of carbonyl (C=O) groups is 1. The van der Waals surface area contributed by atoms with E-state index in [0.717, 1.165) is 0 Å². The Morgan fingerprint density at radius 2 is 2.07 bits per heavy atom. The number of nitriles is 1. The van der Waals surface area contributed by atoms with E-state index in [2.05, 4.69) is 0 Å². The van der Waals surface area contributed by atoms with Gasteiger partial charge in [0.05, 0.1) is 18.7 Å². The molecule has 1 aliphatic rings. The first-order valence-electron chi connectivity index (χ1n) is 8.13. The van der Waals surface area contributed by atoms with Crippen LogP contribution in [0.2, 0.25) is 5.02 Å². The van der Waals surface area contributed by atoms with Crippen molar-refractivity contribution >= 4 is 23.5 Å². The van der Waals surface area contributed by atoms with E-state index in [-0.39, 0.29) is 12.4 Å². The fourth-order valence-electron chi connectivity index (χ4n) is 2.64. The lowest BCUT2D eigenvalue weighted by atomic mass is 10.0. The van der Waals surface area contributed by atoms with Gasteiger partial charge in [-0.25, -0.2) is 0 Å². The van der Waals surface area contributed by atoms with Gasteiger partial charge < -0.3 is 18.9 Å². The molecular weight excluding hydrogens is 370 g/mol. The molecule has 0 atom stereocenters. The number of fused-ring (bicyclic) bond motifs is 1. The maximum Gasteiger partial charge on any atom is 0.231 e. The summed E-state index contributed by atoms with van der Waals surface area (Å²) >= 11 is 6.23. The van der Waals surface area contributed by atoms with E-state index in [1.807, 2.05) is 13.0 Å². The van der Waals surface area contributed by atoms with E-state index in [1.54, 1.807) is 30.3 Å². The van der Waals surface area contributed by atoms with E-state index in [0.29, 0.717) is 45.8 Å². The van der Waals surface area contributed by atoms with Gasteiger partial charge >= 0.3 is 0 Å². The number of ketones is 1. The Morgan fingerprint density at radius 3 is 2.78 bits per heavy atom. The molecule has 3 rings (SSSR count). The molecule has 0 saturated heterocycles. The number of hydrogen-bond donors (Lipinski definition) is 0. The molecule has 1 heterocycles. The Labute approximate surface area is 161 Å². The van der Waals surface area contributed by atoms with Gasteiger partial charge in [0.2, 0.25) is 12.6 Å². The van der Waals surface area contributed by atoms with Crippen LogP contribution in [0.15, 0.2) is 35.9 Å². The van der Waals surface area contributed by atoms with Crippen molar-refractivity contribution < 1.29 is 23.7 Å². The molecule has 0 radical (unpaired) electrons. The maximum absolute atomic E-state index is 12.7. The zero-order valence-corrected chi connectivity index (χ0v) is 15.5. The molecule has 0 amide bonds. The van der Waals surface area contributed by atoms with E-state index in [9.17, 15) is 10.1 Å². The first-order chi connectivity index (χ1) is 13.1. The number of halogens is 1. The molecule has 0 fully saturated rings. The van der Waals surface area contributed by atoms with Crippen molar-refractivity contribution in [3.63, 3.8) is 0 Å². The normalized spacial score (nSPS) is 12.4. The van der Waals surface area contributed by atoms with Gasteiger partial charge in [0.15, 0.2) is 23.0 Å². The maximum atomic E-state index is 12.7. The van der Waals surface area contributed by atoms with Gasteiger partial charge in [-0.1, -0.05) is 11.6 Å². The lowest BCUT2D eigenvalue weighted by Crippen LogP contribution is -2.02. The zero-order chi connectivity index (χ0) is 19.4. The van der Waals surface area contributed by atoms with Crippen molar-refractivity contribution in [3.05, 3.63) is 52.1 Å². The molecule has 0 saturated carbocycles. The van der Waals surface area contributed by atoms with Crippen LogP contribution in [0.25, 0.3) is 6.08 Å². The lowest BCUT2D eigenvalue weighted by Gasteiger charge is -2.12. The van der Waals surface area contributed by atoms with E-state index >= 15 is 0 Å². The smallest absolute Gasteiger partial charge is 0.231 e. The summed E-state index contributed by atoms with van der Waals surface area (Å²) in [6, 6.07) is 10.00. The van der Waals surface area contributed by atoms with Crippen LogP contribution in [-0.4, -0.2) is 26.3 Å². The topological polar surface area (TPSA) is 77.8 Å². The zero-order valence-electron chi connectivity index (χ0n) is 14.7. The van der Waals surface area contributed by atoms with Gasteiger partial charge in [-0.2, -0.15) is 5.26 Å². The standard InChI is InChI=1S/C20H16ClNO5/c1-3-25-18-8-12(7-15(21)20(18)24-2)6-14(10-22)19(23)13-4-5-16-17(9-13)27-11-26-16/h4-9H,3,11H2,1-2H3/b14-6+. The van der Waals surface area contributed by atoms with Crippen LogP contribution in [0.1, 0.15) is 22.8 Å². The predicted octanol–water partition coefficient (Wildman–Crippen LogP) is 4.27. The van der Waals surface area contributed by atoms with Gasteiger partial charge in [0.1, 0.15) is 11.6 Å². The van der Waals surface area contributed by atoms with Crippen molar-refractivity contribution in [2.45, 2.75) is 6.92 Å². The highest BCUT2D eigenvalue weighted by atomic mass is 35.5. The van der Waals surface area contributed by atoms with Crippen LogP contribution in [0.3, 0.4) is 0 Å². The molecule has 1 aliphatic heterocycles. The summed E-state index contributed by atoms with van der Waals surface area (Å²) in [5.74, 6) is 1.45. The molecule has 0 aromatic heterocycles. The second kappa shape index (κ2) is 8.02. The largest absolute Gasteiger partial charge is 0.491 e. The monoisotopic (exact) mass is 385 g/mol. The van der Waals surface area contributed by atoms with Gasteiger partial charge in [-0.3, -0.25) is 4.79 Å². The minimum absolute atomic E-state index is 0.0439. The van der Waals surface area contributed by atoms with Crippen molar-refractivity contribution in [1.82, 2.24) is 0 Å². The lowest BCUT2D eigenvalue weighted by molar-refractivity contribution is 0.103. The second-order valence-corrected chi connectivity index (χ2v) is 5.94. The number of carbonyl (C=O) groups excluding carboxylic acids is 1. The van der Waals surface area contributed by atoms with Crippen molar-refractivity contribution in [1.29, 1.82) is 5.26 Å². The van der Waals surface area contributed by atoms with Gasteiger partial charge in [0, 0.05) is 5.56 Å². The number of Topliss-reactive ketones (excluding diaryl/α,β-unsaturated/α-hetero) is 1. The Morgan fingerprint density at radius 1 is 1.30 bits per heavy atom. The minimum Gasteiger partial charge on any atom is -0.491 e. The number of hydrogen-bond acceptors (Lipinski definition) is 6. The van der Waals surface area contributed by atoms with Crippen LogP contribution < -0.4 is 18.9 Å². The number of allylic oxidation sites excluding steroid dienone is 1. The third-order valence-corrected chi connectivity index (χ3v) is 4.13. The Bertz CT molecular complexity index is 962. The average molecular weight is 386 g/mol. The quantitative estimate of drug-likeness (QED) is 0.420. The number of ether oxygens (including phenoxy) is 4. The summed E-state index contributed by atoms with van der Waals surface area (Å²) in [6.07, 6.45) is 1.46. The van der Waals surface area contributed by atoms with Gasteiger partial charge in [-0.05, 0) is 48.9 Å². The molecule has 0 bridgehead atoms. The van der Waals surface area contributed by atoms with Crippen LogP contribution in [0.4, 0.5) is 0 Å². The summed E-state index contributed by atoms with van der Waals surface area (Å²) in [6.45, 7) is 2.36. The predicted molar refractivity (Wildman–Crippen MR) is 99.7 cm³/mol. The Hall–Kier alpha value is -3.17. The first-order valence-corrected chi connectivity index (χ1v) is 8.51.